The van der Waals surface area contributed by atoms with Crippen LogP contribution in [0.5, 0.6) is 0 Å². The second kappa shape index (κ2) is 7.00. The van der Waals surface area contributed by atoms with Crippen LogP contribution in [0.15, 0.2) is 27.0 Å². The smallest absolute Gasteiger partial charge is 0.412 e. The maximum atomic E-state index is 11.5. The second-order valence-corrected chi connectivity index (χ2v) is 6.05. The highest BCUT2D eigenvalue weighted by atomic mass is 127. The highest BCUT2D eigenvalue weighted by Gasteiger charge is 2.17. The van der Waals surface area contributed by atoms with Gasteiger partial charge in [0.1, 0.15) is 10.8 Å². The summed E-state index contributed by atoms with van der Waals surface area (Å²) in [6, 6.07) is 0. The number of carbonyl (C=O) groups excluding carboxylic acids is 1. The number of rotatable bonds is 3. The number of hydrogen-bond acceptors (Lipinski definition) is 3. The molecule has 0 unspecified atom stereocenters. The van der Waals surface area contributed by atoms with Crippen molar-refractivity contribution in [3.63, 3.8) is 0 Å². The third kappa shape index (κ3) is 9.17. The van der Waals surface area contributed by atoms with Crippen molar-refractivity contribution in [2.45, 2.75) is 33.3 Å². The van der Waals surface area contributed by atoms with Crippen LogP contribution in [0.4, 0.5) is 4.79 Å². The van der Waals surface area contributed by atoms with Gasteiger partial charge in [0.2, 0.25) is 0 Å². The molecule has 0 aliphatic heterocycles. The van der Waals surface area contributed by atoms with E-state index in [1.54, 1.807) is 27.7 Å². The standard InChI is InChI=1S/C11H16ClIN2O2/c1-7(13)9(6-14-8(2)12)15-10(16)17-11(3,4)5/h6H,1H2,2-5H3,(H,15,16)/b9-6+,14-8?. The average Bonchev–Trinajstić information content (AvgIpc) is 2.08. The summed E-state index contributed by atoms with van der Waals surface area (Å²) in [6.45, 7) is 10.7. The molecule has 0 aliphatic carbocycles. The van der Waals surface area contributed by atoms with E-state index in [0.29, 0.717) is 14.4 Å². The third-order valence-corrected chi connectivity index (χ3v) is 1.98. The van der Waals surface area contributed by atoms with Gasteiger partial charge in [0.05, 0.1) is 11.9 Å². The first kappa shape index (κ1) is 16.4. The van der Waals surface area contributed by atoms with Crippen LogP contribution >= 0.6 is 34.2 Å². The number of alkyl carbamates (subject to hydrolysis) is 1. The predicted molar refractivity (Wildman–Crippen MR) is 79.6 cm³/mol. The molecule has 1 amide bonds. The van der Waals surface area contributed by atoms with Crippen molar-refractivity contribution in [1.82, 2.24) is 5.32 Å². The zero-order valence-electron chi connectivity index (χ0n) is 10.3. The Morgan fingerprint density at radius 2 is 2.06 bits per heavy atom. The molecule has 0 fully saturated rings. The van der Waals surface area contributed by atoms with E-state index in [-0.39, 0.29) is 0 Å². The Morgan fingerprint density at radius 3 is 2.41 bits per heavy atom. The lowest BCUT2D eigenvalue weighted by Gasteiger charge is -2.20. The van der Waals surface area contributed by atoms with E-state index in [1.165, 1.54) is 6.20 Å². The van der Waals surface area contributed by atoms with Gasteiger partial charge in [-0.2, -0.15) is 0 Å². The molecule has 0 aromatic rings. The molecule has 6 heteroatoms. The molecular weight excluding hydrogens is 354 g/mol. The third-order valence-electron chi connectivity index (χ3n) is 1.30. The van der Waals surface area contributed by atoms with Crippen LogP contribution in [0, 0.1) is 0 Å². The molecule has 4 nitrogen and oxygen atoms in total. The van der Waals surface area contributed by atoms with Crippen LogP contribution in [-0.4, -0.2) is 16.9 Å². The van der Waals surface area contributed by atoms with Gasteiger partial charge in [-0.15, -0.1) is 0 Å². The number of nitrogens with zero attached hydrogens (tertiary/aromatic N) is 1. The van der Waals surface area contributed by atoms with E-state index in [9.17, 15) is 4.79 Å². The quantitative estimate of drug-likeness (QED) is 0.464. The van der Waals surface area contributed by atoms with Gasteiger partial charge < -0.3 is 4.74 Å². The van der Waals surface area contributed by atoms with Crippen LogP contribution in [-0.2, 0) is 4.74 Å². The number of allylic oxidation sites excluding steroid dienone is 1. The summed E-state index contributed by atoms with van der Waals surface area (Å²) in [7, 11) is 0. The number of amides is 1. The topological polar surface area (TPSA) is 50.7 Å². The minimum atomic E-state index is -0.552. The number of aliphatic imine (C=N–C) groups is 1. The van der Waals surface area contributed by atoms with Crippen LogP contribution in [0.2, 0.25) is 0 Å². The summed E-state index contributed by atoms with van der Waals surface area (Å²) in [6.07, 6.45) is 0.880. The zero-order chi connectivity index (χ0) is 13.6. The van der Waals surface area contributed by atoms with Crippen molar-refractivity contribution in [2.24, 2.45) is 4.99 Å². The van der Waals surface area contributed by atoms with Gasteiger partial charge >= 0.3 is 6.09 Å². The first-order valence-corrected chi connectivity index (χ1v) is 6.32. The van der Waals surface area contributed by atoms with E-state index in [4.69, 9.17) is 16.3 Å². The molecule has 0 saturated carbocycles. The number of halogens is 2. The van der Waals surface area contributed by atoms with E-state index < -0.39 is 11.7 Å². The lowest BCUT2D eigenvalue weighted by Crippen LogP contribution is -2.32. The Kier molecular flexibility index (Phi) is 6.77. The maximum Gasteiger partial charge on any atom is 0.412 e. The summed E-state index contributed by atoms with van der Waals surface area (Å²) < 4.78 is 5.74. The van der Waals surface area contributed by atoms with Gasteiger partial charge in [0, 0.05) is 3.58 Å². The summed E-state index contributed by atoms with van der Waals surface area (Å²) in [5, 5.41) is 2.92. The summed E-state index contributed by atoms with van der Waals surface area (Å²) >= 11 is 7.58. The average molecular weight is 371 g/mol. The number of nitrogens with one attached hydrogen (secondary N) is 1. The molecule has 0 aliphatic rings. The van der Waals surface area contributed by atoms with Crippen LogP contribution in [0.25, 0.3) is 0 Å². The van der Waals surface area contributed by atoms with Crippen molar-refractivity contribution < 1.29 is 9.53 Å². The molecule has 96 valence electrons. The van der Waals surface area contributed by atoms with Crippen LogP contribution < -0.4 is 5.32 Å². The van der Waals surface area contributed by atoms with Gasteiger partial charge in [-0.1, -0.05) is 18.2 Å². The predicted octanol–water partition coefficient (Wildman–Crippen LogP) is 3.96. The zero-order valence-corrected chi connectivity index (χ0v) is 13.2. The van der Waals surface area contributed by atoms with E-state index in [0.717, 1.165) is 0 Å². The van der Waals surface area contributed by atoms with E-state index in [1.807, 2.05) is 22.6 Å². The van der Waals surface area contributed by atoms with Crippen LogP contribution in [0.3, 0.4) is 0 Å². The van der Waals surface area contributed by atoms with Gasteiger partial charge in [0.25, 0.3) is 0 Å². The SMILES string of the molecule is C=C(I)/C(=C\N=C(C)Cl)NC(=O)OC(C)(C)C. The Balaban J connectivity index is 4.69. The normalized spacial score (nSPS) is 13.3. The van der Waals surface area contributed by atoms with Gasteiger partial charge in [0.15, 0.2) is 0 Å². The highest BCUT2D eigenvalue weighted by Crippen LogP contribution is 2.14. The van der Waals surface area contributed by atoms with Crippen molar-refractivity contribution in [3.8, 4) is 0 Å². The molecule has 0 atom stereocenters. The number of hydrogen-bond donors (Lipinski definition) is 1. The number of carbonyl (C=O) groups is 1. The molecule has 0 aromatic carbocycles. The fourth-order valence-corrected chi connectivity index (χ4v) is 1.06. The molecule has 0 radical (unpaired) electrons. The Bertz CT molecular complexity index is 366. The maximum absolute atomic E-state index is 11.5. The molecule has 0 rings (SSSR count). The summed E-state index contributed by atoms with van der Waals surface area (Å²) in [5.41, 5.74) is -0.0900. The molecule has 17 heavy (non-hydrogen) atoms. The lowest BCUT2D eigenvalue weighted by atomic mass is 10.2. The van der Waals surface area contributed by atoms with Gasteiger partial charge in [-0.05, 0) is 50.3 Å². The second-order valence-electron chi connectivity index (χ2n) is 4.20. The fourth-order valence-electron chi connectivity index (χ4n) is 0.737. The monoisotopic (exact) mass is 370 g/mol. The van der Waals surface area contributed by atoms with Crippen molar-refractivity contribution in [3.05, 3.63) is 22.1 Å². The molecule has 0 bridgehead atoms. The first-order valence-electron chi connectivity index (χ1n) is 4.86. The summed E-state index contributed by atoms with van der Waals surface area (Å²) in [4.78, 5) is 15.4. The van der Waals surface area contributed by atoms with Crippen molar-refractivity contribution >= 4 is 45.5 Å². The fraction of sp³-hybridized carbons (Fsp3) is 0.455. The Hall–Kier alpha value is -0.560. The molecule has 0 saturated heterocycles. The molecule has 0 aromatic heterocycles. The summed E-state index contributed by atoms with van der Waals surface area (Å²) in [5.74, 6) is 0. The molecular formula is C11H16ClIN2O2. The lowest BCUT2D eigenvalue weighted by molar-refractivity contribution is 0.0547. The Morgan fingerprint density at radius 1 is 1.53 bits per heavy atom. The van der Waals surface area contributed by atoms with Crippen molar-refractivity contribution in [2.75, 3.05) is 0 Å². The molecule has 0 spiro atoms. The minimum absolute atomic E-state index is 0.367. The van der Waals surface area contributed by atoms with Crippen LogP contribution in [0.1, 0.15) is 27.7 Å². The first-order chi connectivity index (χ1) is 7.61. The number of ether oxygens (including phenoxy) is 1. The largest absolute Gasteiger partial charge is 0.444 e. The Labute approximate surface area is 120 Å². The van der Waals surface area contributed by atoms with Crippen molar-refractivity contribution in [1.29, 1.82) is 0 Å². The minimum Gasteiger partial charge on any atom is -0.444 e. The van der Waals surface area contributed by atoms with E-state index >= 15 is 0 Å². The van der Waals surface area contributed by atoms with E-state index in [2.05, 4.69) is 16.9 Å². The molecule has 0 heterocycles. The van der Waals surface area contributed by atoms with Gasteiger partial charge in [-0.3, -0.25) is 5.32 Å². The molecule has 1 N–H and O–H groups in total. The van der Waals surface area contributed by atoms with Gasteiger partial charge in [-0.25, -0.2) is 9.79 Å². The highest BCUT2D eigenvalue weighted by molar-refractivity contribution is 14.1.